The van der Waals surface area contributed by atoms with Crippen molar-refractivity contribution in [2.45, 2.75) is 65.0 Å². The van der Waals surface area contributed by atoms with E-state index in [1.807, 2.05) is 11.9 Å². The van der Waals surface area contributed by atoms with Gasteiger partial charge in [0.25, 0.3) is 0 Å². The van der Waals surface area contributed by atoms with Gasteiger partial charge >= 0.3 is 0 Å². The lowest BCUT2D eigenvalue weighted by Crippen LogP contribution is -2.56. The summed E-state index contributed by atoms with van der Waals surface area (Å²) in [6.45, 7) is 9.61. The predicted octanol–water partition coefficient (Wildman–Crippen LogP) is 2.41. The van der Waals surface area contributed by atoms with Crippen LogP contribution in [0, 0.1) is 5.92 Å². The Balaban J connectivity index is 2.78. The average molecular weight is 240 g/mol. The Morgan fingerprint density at radius 3 is 2.47 bits per heavy atom. The first-order chi connectivity index (χ1) is 7.94. The number of hydrogen-bond acceptors (Lipinski definition) is 2. The van der Waals surface area contributed by atoms with E-state index in [0.29, 0.717) is 12.0 Å². The summed E-state index contributed by atoms with van der Waals surface area (Å²) in [7, 11) is 1.95. The molecule has 0 saturated carbocycles. The van der Waals surface area contributed by atoms with Crippen LogP contribution in [0.4, 0.5) is 0 Å². The second-order valence-corrected chi connectivity index (χ2v) is 5.76. The van der Waals surface area contributed by atoms with E-state index in [9.17, 15) is 4.79 Å². The van der Waals surface area contributed by atoms with Crippen LogP contribution in [0.15, 0.2) is 0 Å². The second kappa shape index (κ2) is 5.85. The fourth-order valence-corrected chi connectivity index (χ4v) is 2.71. The molecule has 2 atom stereocenters. The number of amides is 1. The molecule has 1 aliphatic rings. The molecule has 17 heavy (non-hydrogen) atoms. The highest BCUT2D eigenvalue weighted by atomic mass is 16.2. The Hall–Kier alpha value is -0.570. The quantitative estimate of drug-likeness (QED) is 0.800. The fourth-order valence-electron chi connectivity index (χ4n) is 2.71. The van der Waals surface area contributed by atoms with Crippen LogP contribution in [-0.2, 0) is 4.79 Å². The van der Waals surface area contributed by atoms with Crippen LogP contribution in [0.1, 0.15) is 53.4 Å². The Morgan fingerprint density at radius 2 is 2.06 bits per heavy atom. The van der Waals surface area contributed by atoms with Crippen LogP contribution in [0.25, 0.3) is 0 Å². The lowest BCUT2D eigenvalue weighted by Gasteiger charge is -2.37. The SMILES string of the molecule is CCCC1(C(=O)N(C)C(C)C(C)C)CCCN1. The third-order valence-corrected chi connectivity index (χ3v) is 4.23. The highest BCUT2D eigenvalue weighted by Crippen LogP contribution is 2.28. The monoisotopic (exact) mass is 240 g/mol. The standard InChI is InChI=1S/C14H28N2O/c1-6-8-14(9-7-10-15-14)13(17)16(5)12(4)11(2)3/h11-12,15H,6-10H2,1-5H3. The van der Waals surface area contributed by atoms with Crippen molar-refractivity contribution in [3.63, 3.8) is 0 Å². The molecule has 3 heteroatoms. The van der Waals surface area contributed by atoms with Gasteiger partial charge in [0.05, 0.1) is 5.54 Å². The largest absolute Gasteiger partial charge is 0.341 e. The van der Waals surface area contributed by atoms with E-state index in [-0.39, 0.29) is 11.4 Å². The van der Waals surface area contributed by atoms with Gasteiger partial charge in [0.15, 0.2) is 0 Å². The first-order valence-electron chi connectivity index (χ1n) is 6.97. The van der Waals surface area contributed by atoms with Crippen molar-refractivity contribution in [2.24, 2.45) is 5.92 Å². The third-order valence-electron chi connectivity index (χ3n) is 4.23. The van der Waals surface area contributed by atoms with Crippen molar-refractivity contribution in [1.82, 2.24) is 10.2 Å². The Kier molecular flexibility index (Phi) is 4.99. The molecule has 0 aromatic heterocycles. The van der Waals surface area contributed by atoms with Gasteiger partial charge in [-0.3, -0.25) is 4.79 Å². The molecule has 100 valence electrons. The number of likely N-dealkylation sites (N-methyl/N-ethyl adjacent to an activating group) is 1. The molecule has 0 aromatic rings. The van der Waals surface area contributed by atoms with E-state index in [2.05, 4.69) is 33.0 Å². The summed E-state index contributed by atoms with van der Waals surface area (Å²) >= 11 is 0. The van der Waals surface area contributed by atoms with Crippen LogP contribution < -0.4 is 5.32 Å². The van der Waals surface area contributed by atoms with Gasteiger partial charge in [0.2, 0.25) is 5.91 Å². The average Bonchev–Trinajstić information content (AvgIpc) is 2.76. The van der Waals surface area contributed by atoms with Crippen molar-refractivity contribution in [3.8, 4) is 0 Å². The van der Waals surface area contributed by atoms with Crippen molar-refractivity contribution in [1.29, 1.82) is 0 Å². The third kappa shape index (κ3) is 3.01. The molecular formula is C14H28N2O. The van der Waals surface area contributed by atoms with E-state index in [1.165, 1.54) is 0 Å². The zero-order valence-corrected chi connectivity index (χ0v) is 12.0. The number of nitrogens with one attached hydrogen (secondary N) is 1. The van der Waals surface area contributed by atoms with Gasteiger partial charge < -0.3 is 10.2 Å². The highest BCUT2D eigenvalue weighted by molar-refractivity contribution is 5.86. The molecule has 0 spiro atoms. The minimum Gasteiger partial charge on any atom is -0.341 e. The first kappa shape index (κ1) is 14.5. The van der Waals surface area contributed by atoms with E-state index in [4.69, 9.17) is 0 Å². The molecule has 3 nitrogen and oxygen atoms in total. The number of carbonyl (C=O) groups excluding carboxylic acids is 1. The highest BCUT2D eigenvalue weighted by Gasteiger charge is 2.42. The zero-order chi connectivity index (χ0) is 13.1. The lowest BCUT2D eigenvalue weighted by atomic mass is 9.89. The zero-order valence-electron chi connectivity index (χ0n) is 12.0. The Labute approximate surface area is 106 Å². The summed E-state index contributed by atoms with van der Waals surface area (Å²) in [5.41, 5.74) is -0.271. The fraction of sp³-hybridized carbons (Fsp3) is 0.929. The Bertz CT molecular complexity index is 257. The molecular weight excluding hydrogens is 212 g/mol. The normalized spacial score (nSPS) is 26.2. The van der Waals surface area contributed by atoms with E-state index < -0.39 is 0 Å². The van der Waals surface area contributed by atoms with Gasteiger partial charge in [-0.2, -0.15) is 0 Å². The van der Waals surface area contributed by atoms with Crippen molar-refractivity contribution < 1.29 is 4.79 Å². The summed E-state index contributed by atoms with van der Waals surface area (Å²) in [5, 5.41) is 3.45. The molecule has 0 aromatic carbocycles. The molecule has 1 aliphatic heterocycles. The summed E-state index contributed by atoms with van der Waals surface area (Å²) in [6.07, 6.45) is 4.13. The van der Waals surface area contributed by atoms with Gasteiger partial charge in [0.1, 0.15) is 0 Å². The number of rotatable bonds is 5. The maximum Gasteiger partial charge on any atom is 0.242 e. The van der Waals surface area contributed by atoms with Crippen molar-refractivity contribution in [3.05, 3.63) is 0 Å². The maximum atomic E-state index is 12.7. The van der Waals surface area contributed by atoms with E-state index in [1.54, 1.807) is 0 Å². The second-order valence-electron chi connectivity index (χ2n) is 5.76. The van der Waals surface area contributed by atoms with Crippen LogP contribution >= 0.6 is 0 Å². The summed E-state index contributed by atoms with van der Waals surface area (Å²) < 4.78 is 0. The molecule has 0 aliphatic carbocycles. The summed E-state index contributed by atoms with van der Waals surface area (Å²) in [5.74, 6) is 0.794. The van der Waals surface area contributed by atoms with Crippen LogP contribution in [-0.4, -0.2) is 36.0 Å². The topological polar surface area (TPSA) is 32.3 Å². The summed E-state index contributed by atoms with van der Waals surface area (Å²) in [4.78, 5) is 14.6. The summed E-state index contributed by atoms with van der Waals surface area (Å²) in [6, 6.07) is 0.304. The smallest absolute Gasteiger partial charge is 0.242 e. The van der Waals surface area contributed by atoms with Crippen LogP contribution in [0.2, 0.25) is 0 Å². The van der Waals surface area contributed by atoms with Gasteiger partial charge in [-0.1, -0.05) is 27.2 Å². The Morgan fingerprint density at radius 1 is 1.41 bits per heavy atom. The molecule has 1 N–H and O–H groups in total. The van der Waals surface area contributed by atoms with Gasteiger partial charge in [-0.15, -0.1) is 0 Å². The van der Waals surface area contributed by atoms with Gasteiger partial charge in [0, 0.05) is 13.1 Å². The first-order valence-corrected chi connectivity index (χ1v) is 6.97. The molecule has 1 amide bonds. The van der Waals surface area contributed by atoms with Gasteiger partial charge in [-0.25, -0.2) is 0 Å². The minimum atomic E-state index is -0.271. The maximum absolute atomic E-state index is 12.7. The molecule has 0 bridgehead atoms. The van der Waals surface area contributed by atoms with E-state index >= 15 is 0 Å². The molecule has 1 saturated heterocycles. The predicted molar refractivity (Wildman–Crippen MR) is 71.9 cm³/mol. The molecule has 2 unspecified atom stereocenters. The van der Waals surface area contributed by atoms with Crippen LogP contribution in [0.5, 0.6) is 0 Å². The lowest BCUT2D eigenvalue weighted by molar-refractivity contribution is -0.139. The number of hydrogen-bond donors (Lipinski definition) is 1. The number of carbonyl (C=O) groups is 1. The number of nitrogens with zero attached hydrogens (tertiary/aromatic N) is 1. The molecule has 1 rings (SSSR count). The van der Waals surface area contributed by atoms with Crippen molar-refractivity contribution in [2.75, 3.05) is 13.6 Å². The van der Waals surface area contributed by atoms with Crippen LogP contribution in [0.3, 0.4) is 0 Å². The minimum absolute atomic E-state index is 0.271. The van der Waals surface area contributed by atoms with E-state index in [0.717, 1.165) is 32.2 Å². The molecule has 0 radical (unpaired) electrons. The van der Waals surface area contributed by atoms with Crippen molar-refractivity contribution >= 4 is 5.91 Å². The molecule has 1 fully saturated rings. The molecule has 1 heterocycles. The van der Waals surface area contributed by atoms with Gasteiger partial charge in [-0.05, 0) is 38.6 Å².